The Labute approximate surface area is 238 Å². The Kier molecular flexibility index (Phi) is 5.79. The molecule has 5 aromatic carbocycles. The molecule has 0 fully saturated rings. The summed E-state index contributed by atoms with van der Waals surface area (Å²) in [4.78, 5) is 0. The molecule has 2 aliphatic rings. The molecule has 4 heteroatoms. The van der Waals surface area contributed by atoms with E-state index in [-0.39, 0.29) is 17.0 Å². The summed E-state index contributed by atoms with van der Waals surface area (Å²) in [5.74, 6) is 0.999. The van der Waals surface area contributed by atoms with Gasteiger partial charge in [0, 0.05) is 27.5 Å². The van der Waals surface area contributed by atoms with E-state index in [9.17, 15) is 8.78 Å². The van der Waals surface area contributed by atoms with Gasteiger partial charge in [-0.25, -0.2) is 8.78 Å². The van der Waals surface area contributed by atoms with Crippen molar-refractivity contribution in [2.75, 3.05) is 7.11 Å². The van der Waals surface area contributed by atoms with Crippen molar-refractivity contribution in [1.29, 1.82) is 0 Å². The maximum absolute atomic E-state index is 14.7. The Morgan fingerprint density at radius 1 is 0.756 bits per heavy atom. The Morgan fingerprint density at radius 3 is 2.05 bits per heavy atom. The monoisotopic (exact) mass is 544 g/mol. The summed E-state index contributed by atoms with van der Waals surface area (Å²) >= 11 is 0. The van der Waals surface area contributed by atoms with Gasteiger partial charge in [0.25, 0.3) is 0 Å². The van der Waals surface area contributed by atoms with Crippen molar-refractivity contribution in [3.8, 4) is 22.6 Å². The highest BCUT2D eigenvalue weighted by molar-refractivity contribution is 6.08. The largest absolute Gasteiger partial charge is 0.497 e. The van der Waals surface area contributed by atoms with Crippen molar-refractivity contribution in [1.82, 2.24) is 0 Å². The first-order valence-corrected chi connectivity index (χ1v) is 14.1. The van der Waals surface area contributed by atoms with Gasteiger partial charge in [0.05, 0.1) is 7.11 Å². The first-order chi connectivity index (χ1) is 20.0. The van der Waals surface area contributed by atoms with E-state index in [2.05, 4.69) is 38.1 Å². The fourth-order valence-electron chi connectivity index (χ4n) is 7.13. The van der Waals surface area contributed by atoms with Crippen LogP contribution in [-0.2, 0) is 11.0 Å². The minimum absolute atomic E-state index is 0.220. The SMILES string of the molecule is CCC1(CC)c2cc(F)ccc2-c2c1c1c(c3ccccc23)OC(c2ccc(F)cc2)(c2ccc(OC)cc2)C=C1. The van der Waals surface area contributed by atoms with Crippen molar-refractivity contribution in [2.45, 2.75) is 37.7 Å². The minimum Gasteiger partial charge on any atom is -0.497 e. The lowest BCUT2D eigenvalue weighted by molar-refractivity contribution is 0.163. The van der Waals surface area contributed by atoms with Gasteiger partial charge >= 0.3 is 0 Å². The van der Waals surface area contributed by atoms with Gasteiger partial charge in [-0.15, -0.1) is 0 Å². The van der Waals surface area contributed by atoms with Gasteiger partial charge in [0.2, 0.25) is 0 Å². The smallest absolute Gasteiger partial charge is 0.178 e. The molecule has 2 nitrogen and oxygen atoms in total. The van der Waals surface area contributed by atoms with Gasteiger partial charge < -0.3 is 9.47 Å². The molecular formula is C37H30F2O2. The third-order valence-corrected chi connectivity index (χ3v) is 9.20. The number of methoxy groups -OCH3 is 1. The minimum atomic E-state index is -0.997. The Balaban J connectivity index is 1.56. The summed E-state index contributed by atoms with van der Waals surface area (Å²) in [6.07, 6.45) is 5.90. The van der Waals surface area contributed by atoms with Gasteiger partial charge in [-0.1, -0.05) is 74.5 Å². The van der Waals surface area contributed by atoms with Crippen LogP contribution in [0, 0.1) is 11.6 Å². The molecule has 0 saturated heterocycles. The van der Waals surface area contributed by atoms with Gasteiger partial charge in [-0.05, 0) is 83.0 Å². The Bertz CT molecular complexity index is 1830. The summed E-state index contributed by atoms with van der Waals surface area (Å²) in [6.45, 7) is 4.37. The second-order valence-corrected chi connectivity index (χ2v) is 10.9. The second kappa shape index (κ2) is 9.31. The molecular weight excluding hydrogens is 514 g/mol. The van der Waals surface area contributed by atoms with E-state index in [1.54, 1.807) is 31.4 Å². The van der Waals surface area contributed by atoms with Gasteiger partial charge in [0.15, 0.2) is 5.60 Å². The summed E-state index contributed by atoms with van der Waals surface area (Å²) < 4.78 is 41.5. The van der Waals surface area contributed by atoms with Crippen LogP contribution >= 0.6 is 0 Å². The molecule has 1 aliphatic carbocycles. The van der Waals surface area contributed by atoms with E-state index in [4.69, 9.17) is 9.47 Å². The molecule has 0 bridgehead atoms. The van der Waals surface area contributed by atoms with Gasteiger partial charge in [-0.2, -0.15) is 0 Å². The Morgan fingerprint density at radius 2 is 1.39 bits per heavy atom. The topological polar surface area (TPSA) is 18.5 Å². The molecule has 5 aromatic rings. The number of halogens is 2. The summed E-state index contributed by atoms with van der Waals surface area (Å²) in [7, 11) is 1.64. The van der Waals surface area contributed by atoms with Crippen molar-refractivity contribution in [3.63, 3.8) is 0 Å². The average molecular weight is 545 g/mol. The molecule has 0 amide bonds. The second-order valence-electron chi connectivity index (χ2n) is 10.9. The van der Waals surface area contributed by atoms with Crippen LogP contribution in [0.25, 0.3) is 28.0 Å². The number of benzene rings is 5. The van der Waals surface area contributed by atoms with Crippen LogP contribution in [-0.4, -0.2) is 7.11 Å². The van der Waals surface area contributed by atoms with Crippen LogP contribution in [0.2, 0.25) is 0 Å². The lowest BCUT2D eigenvalue weighted by Gasteiger charge is -2.39. The number of ether oxygens (including phenoxy) is 2. The van der Waals surface area contributed by atoms with Crippen molar-refractivity contribution in [2.24, 2.45) is 0 Å². The fourth-order valence-corrected chi connectivity index (χ4v) is 7.13. The zero-order chi connectivity index (χ0) is 28.4. The quantitative estimate of drug-likeness (QED) is 0.219. The molecule has 1 heterocycles. The lowest BCUT2D eigenvalue weighted by Crippen LogP contribution is -2.35. The lowest BCUT2D eigenvalue weighted by atomic mass is 9.71. The molecule has 1 aliphatic heterocycles. The van der Waals surface area contributed by atoms with Crippen LogP contribution in [0.5, 0.6) is 11.5 Å². The molecule has 204 valence electrons. The number of hydrogen-bond donors (Lipinski definition) is 0. The molecule has 7 rings (SSSR count). The van der Waals surface area contributed by atoms with Crippen LogP contribution in [0.1, 0.15) is 54.5 Å². The van der Waals surface area contributed by atoms with Crippen molar-refractivity contribution in [3.05, 3.63) is 137 Å². The van der Waals surface area contributed by atoms with E-state index < -0.39 is 5.60 Å². The van der Waals surface area contributed by atoms with E-state index in [0.717, 1.165) is 68.5 Å². The zero-order valence-electron chi connectivity index (χ0n) is 23.3. The summed E-state index contributed by atoms with van der Waals surface area (Å²) in [5, 5.41) is 2.07. The maximum atomic E-state index is 14.7. The predicted octanol–water partition coefficient (Wildman–Crippen LogP) is 9.56. The molecule has 0 N–H and O–H groups in total. The highest BCUT2D eigenvalue weighted by Gasteiger charge is 2.47. The van der Waals surface area contributed by atoms with Crippen LogP contribution in [0.3, 0.4) is 0 Å². The van der Waals surface area contributed by atoms with E-state index >= 15 is 0 Å². The molecule has 0 saturated carbocycles. The third-order valence-electron chi connectivity index (χ3n) is 9.20. The molecule has 0 spiro atoms. The molecule has 0 aromatic heterocycles. The number of hydrogen-bond acceptors (Lipinski definition) is 2. The fraction of sp³-hybridized carbons (Fsp3) is 0.189. The van der Waals surface area contributed by atoms with Gasteiger partial charge in [0.1, 0.15) is 23.1 Å². The molecule has 1 unspecified atom stereocenters. The molecule has 41 heavy (non-hydrogen) atoms. The van der Waals surface area contributed by atoms with E-state index in [0.29, 0.717) is 0 Å². The van der Waals surface area contributed by atoms with Crippen LogP contribution in [0.4, 0.5) is 8.78 Å². The average Bonchev–Trinajstić information content (AvgIpc) is 3.31. The predicted molar refractivity (Wildman–Crippen MR) is 161 cm³/mol. The first kappa shape index (κ1) is 25.5. The highest BCUT2D eigenvalue weighted by atomic mass is 19.1. The summed E-state index contributed by atoms with van der Waals surface area (Å²) in [5.41, 5.74) is 5.86. The molecule has 1 atom stereocenters. The summed E-state index contributed by atoms with van der Waals surface area (Å²) in [6, 6.07) is 27.8. The normalized spacial score (nSPS) is 18.0. The van der Waals surface area contributed by atoms with Crippen LogP contribution in [0.15, 0.2) is 97.1 Å². The third kappa shape index (κ3) is 3.53. The maximum Gasteiger partial charge on any atom is 0.178 e. The van der Waals surface area contributed by atoms with E-state index in [1.165, 1.54) is 17.7 Å². The zero-order valence-corrected chi connectivity index (χ0v) is 23.3. The van der Waals surface area contributed by atoms with Crippen molar-refractivity contribution >= 4 is 16.8 Å². The number of rotatable bonds is 5. The highest BCUT2D eigenvalue weighted by Crippen LogP contribution is 2.60. The van der Waals surface area contributed by atoms with E-state index in [1.807, 2.05) is 42.5 Å². The number of fused-ring (bicyclic) bond motifs is 8. The van der Waals surface area contributed by atoms with Crippen molar-refractivity contribution < 1.29 is 18.3 Å². The van der Waals surface area contributed by atoms with Gasteiger partial charge in [-0.3, -0.25) is 0 Å². The molecule has 0 radical (unpaired) electrons. The first-order valence-electron chi connectivity index (χ1n) is 14.1. The Hall–Kier alpha value is -4.44. The van der Waals surface area contributed by atoms with Crippen LogP contribution < -0.4 is 9.47 Å². The standard InChI is InChI=1S/C37H30F2O2/c1-4-36(5-2)32-22-26(39)16-19-30(32)33-28-8-6-7-9-29(28)35-31(34(33)36)20-21-37(41-35,23-10-14-25(38)15-11-23)24-12-17-27(40-3)18-13-24/h6-22H,4-5H2,1-3H3.